The fraction of sp³-hybridized carbons (Fsp3) is 0.346. The van der Waals surface area contributed by atoms with Gasteiger partial charge in [0.15, 0.2) is 11.5 Å². The van der Waals surface area contributed by atoms with Gasteiger partial charge in [0.05, 0.1) is 28.6 Å². The van der Waals surface area contributed by atoms with Gasteiger partial charge < -0.3 is 25.5 Å². The van der Waals surface area contributed by atoms with E-state index in [0.29, 0.717) is 48.2 Å². The Kier molecular flexibility index (Phi) is 6.94. The van der Waals surface area contributed by atoms with Crippen LogP contribution in [0.4, 0.5) is 11.5 Å². The molecule has 2 atom stereocenters. The molecular weight excluding hydrogens is 506 g/mol. The van der Waals surface area contributed by atoms with E-state index in [0.717, 1.165) is 22.2 Å². The lowest BCUT2D eigenvalue weighted by Gasteiger charge is -2.39. The maximum atomic E-state index is 13.0. The van der Waals surface area contributed by atoms with E-state index in [-0.39, 0.29) is 23.4 Å². The summed E-state index contributed by atoms with van der Waals surface area (Å²) >= 11 is 6.72. The molecule has 2 unspecified atom stereocenters. The number of fused-ring (bicyclic) bond motifs is 2. The number of Topliss-reactive ketones (excluding diaryl/α,β-unsaturated/α-hetero) is 1. The molecule has 1 saturated heterocycles. The minimum Gasteiger partial charge on any atom is -0.366 e. The number of H-pyrrole nitrogens is 1. The zero-order valence-electron chi connectivity index (χ0n) is 21.3. The fourth-order valence-electron chi connectivity index (χ4n) is 5.02. The molecule has 0 aliphatic carbocycles. The molecule has 0 saturated carbocycles. The number of nitrogens with zero attached hydrogens (tertiary/aromatic N) is 6. The Bertz CT molecular complexity index is 1530. The molecule has 0 bridgehead atoms. The number of carbonyl (C=O) groups is 2. The second-order valence-corrected chi connectivity index (χ2v) is 9.83. The lowest BCUT2D eigenvalue weighted by Crippen LogP contribution is -2.52. The fourth-order valence-corrected chi connectivity index (χ4v) is 5.29. The second-order valence-electron chi connectivity index (χ2n) is 9.42. The van der Waals surface area contributed by atoms with Crippen molar-refractivity contribution in [2.24, 2.45) is 5.92 Å². The molecule has 3 aromatic heterocycles. The number of ketones is 1. The Balaban J connectivity index is 1.48. The van der Waals surface area contributed by atoms with Crippen LogP contribution in [0.2, 0.25) is 5.02 Å². The highest BCUT2D eigenvalue weighted by Crippen LogP contribution is 2.39. The van der Waals surface area contributed by atoms with Crippen molar-refractivity contribution in [2.45, 2.75) is 26.8 Å². The first-order valence-electron chi connectivity index (χ1n) is 12.3. The molecule has 12 heteroatoms. The first kappa shape index (κ1) is 25.5. The first-order valence-corrected chi connectivity index (χ1v) is 12.7. The minimum absolute atomic E-state index is 0.0658. The number of amides is 1. The van der Waals surface area contributed by atoms with Crippen LogP contribution in [-0.2, 0) is 9.59 Å². The summed E-state index contributed by atoms with van der Waals surface area (Å²) in [6.07, 6.45) is 4.79. The molecule has 11 nitrogen and oxygen atoms in total. The second kappa shape index (κ2) is 10.3. The maximum Gasteiger partial charge on any atom is 0.238 e. The van der Waals surface area contributed by atoms with Gasteiger partial charge in [-0.05, 0) is 39.0 Å². The smallest absolute Gasteiger partial charge is 0.238 e. The molecule has 1 aliphatic heterocycles. The number of nitrogens with one attached hydrogen (secondary N) is 3. The van der Waals surface area contributed by atoms with Crippen LogP contribution in [0.1, 0.15) is 32.4 Å². The number of carbonyl (C=O) groups excluding carboxylic acids is 2. The van der Waals surface area contributed by atoms with Gasteiger partial charge in [-0.25, -0.2) is 15.0 Å². The Morgan fingerprint density at radius 1 is 1.13 bits per heavy atom. The van der Waals surface area contributed by atoms with Gasteiger partial charge in [0, 0.05) is 49.0 Å². The topological polar surface area (TPSA) is 144 Å². The van der Waals surface area contributed by atoms with E-state index in [4.69, 9.17) is 17.0 Å². The summed E-state index contributed by atoms with van der Waals surface area (Å²) < 4.78 is 0. The zero-order valence-corrected chi connectivity index (χ0v) is 22.1. The van der Waals surface area contributed by atoms with Gasteiger partial charge >= 0.3 is 0 Å². The van der Waals surface area contributed by atoms with Crippen molar-refractivity contribution in [3.63, 3.8) is 0 Å². The number of pyridine rings is 1. The molecule has 1 aliphatic rings. The van der Waals surface area contributed by atoms with E-state index in [2.05, 4.69) is 35.1 Å². The SMILES string of the molecule is CC(=N)C(C(C)=O)C(=O)N1CCN(c2c(C(C)Nc3ncnc4nc[nH]c34)cc(Cl)c3cccnc23)CC1. The van der Waals surface area contributed by atoms with Crippen molar-refractivity contribution in [2.75, 3.05) is 36.4 Å². The summed E-state index contributed by atoms with van der Waals surface area (Å²) in [5.74, 6) is -1.02. The van der Waals surface area contributed by atoms with Crippen molar-refractivity contribution in [1.29, 1.82) is 5.41 Å². The molecule has 38 heavy (non-hydrogen) atoms. The Hall–Kier alpha value is -4.12. The van der Waals surface area contributed by atoms with E-state index >= 15 is 0 Å². The number of hydrogen-bond acceptors (Lipinski definition) is 9. The molecule has 3 N–H and O–H groups in total. The van der Waals surface area contributed by atoms with Gasteiger partial charge in [-0.15, -0.1) is 0 Å². The Labute approximate surface area is 224 Å². The monoisotopic (exact) mass is 533 g/mol. The summed E-state index contributed by atoms with van der Waals surface area (Å²) in [5.41, 5.74) is 3.98. The predicted molar refractivity (Wildman–Crippen MR) is 147 cm³/mol. The van der Waals surface area contributed by atoms with Crippen LogP contribution in [0.5, 0.6) is 0 Å². The van der Waals surface area contributed by atoms with Gasteiger partial charge in [-0.3, -0.25) is 14.6 Å². The van der Waals surface area contributed by atoms with Crippen molar-refractivity contribution in [3.8, 4) is 0 Å². The lowest BCUT2D eigenvalue weighted by molar-refractivity contribution is -0.138. The number of aromatic nitrogens is 5. The highest BCUT2D eigenvalue weighted by Gasteiger charge is 2.33. The molecule has 1 amide bonds. The quantitative estimate of drug-likeness (QED) is 0.241. The van der Waals surface area contributed by atoms with Crippen LogP contribution in [0.25, 0.3) is 22.1 Å². The Morgan fingerprint density at radius 2 is 1.89 bits per heavy atom. The lowest BCUT2D eigenvalue weighted by atomic mass is 9.97. The summed E-state index contributed by atoms with van der Waals surface area (Å²) in [5, 5.41) is 12.8. The minimum atomic E-state index is -1.02. The van der Waals surface area contributed by atoms with Gasteiger partial charge in [0.2, 0.25) is 5.91 Å². The number of piperazine rings is 1. The number of imidazole rings is 1. The molecular formula is C26H28ClN9O2. The van der Waals surface area contributed by atoms with Crippen LogP contribution in [0.3, 0.4) is 0 Å². The Morgan fingerprint density at radius 3 is 2.61 bits per heavy atom. The summed E-state index contributed by atoms with van der Waals surface area (Å²) in [6.45, 7) is 6.82. The van der Waals surface area contributed by atoms with Crippen LogP contribution in [-0.4, -0.2) is 73.4 Å². The van der Waals surface area contributed by atoms with Crippen molar-refractivity contribution < 1.29 is 9.59 Å². The highest BCUT2D eigenvalue weighted by atomic mass is 35.5. The first-order chi connectivity index (χ1) is 18.3. The molecule has 1 aromatic carbocycles. The van der Waals surface area contributed by atoms with Crippen LogP contribution in [0.15, 0.2) is 37.1 Å². The molecule has 5 rings (SSSR count). The number of rotatable bonds is 7. The molecule has 0 radical (unpaired) electrons. The maximum absolute atomic E-state index is 13.0. The summed E-state index contributed by atoms with van der Waals surface area (Å²) in [6, 6.07) is 5.54. The number of benzene rings is 1. The zero-order chi connectivity index (χ0) is 27.0. The van der Waals surface area contributed by atoms with E-state index < -0.39 is 5.92 Å². The highest BCUT2D eigenvalue weighted by molar-refractivity contribution is 6.36. The normalized spacial score (nSPS) is 15.5. The van der Waals surface area contributed by atoms with Crippen molar-refractivity contribution in [1.82, 2.24) is 29.8 Å². The van der Waals surface area contributed by atoms with Crippen molar-refractivity contribution >= 4 is 62.6 Å². The standard InChI is InChI=1S/C26H28ClN9O2/c1-14(28)20(16(3)37)26(38)36-9-7-35(8-10-36)23-18(11-19(27)17-5-4-6-29-21(17)23)15(2)34-25-22-24(31-12-30-22)32-13-33-25/h4-6,11-13,15,20,28H,7-10H2,1-3H3,(H2,30,31,32,33,34). The number of halogens is 1. The van der Waals surface area contributed by atoms with Crippen LogP contribution in [0, 0.1) is 11.3 Å². The van der Waals surface area contributed by atoms with Crippen LogP contribution < -0.4 is 10.2 Å². The average Bonchev–Trinajstić information content (AvgIpc) is 3.38. The third kappa shape index (κ3) is 4.65. The van der Waals surface area contributed by atoms with E-state index in [9.17, 15) is 9.59 Å². The van der Waals surface area contributed by atoms with E-state index in [1.165, 1.54) is 20.2 Å². The molecule has 4 aromatic rings. The number of hydrogen-bond donors (Lipinski definition) is 3. The summed E-state index contributed by atoms with van der Waals surface area (Å²) in [7, 11) is 0. The predicted octanol–water partition coefficient (Wildman–Crippen LogP) is 3.62. The van der Waals surface area contributed by atoms with Gasteiger partial charge in [-0.2, -0.15) is 0 Å². The van der Waals surface area contributed by atoms with Crippen molar-refractivity contribution in [3.05, 3.63) is 47.6 Å². The number of aromatic amines is 1. The van der Waals surface area contributed by atoms with Gasteiger partial charge in [0.25, 0.3) is 0 Å². The van der Waals surface area contributed by atoms with Gasteiger partial charge in [-0.1, -0.05) is 11.6 Å². The third-order valence-electron chi connectivity index (χ3n) is 6.88. The number of anilines is 2. The molecule has 196 valence electrons. The molecule has 1 fully saturated rings. The molecule has 0 spiro atoms. The van der Waals surface area contributed by atoms with Gasteiger partial charge in [0.1, 0.15) is 23.5 Å². The van der Waals surface area contributed by atoms with E-state index in [1.807, 2.05) is 25.1 Å². The van der Waals surface area contributed by atoms with Crippen LogP contribution >= 0.6 is 11.6 Å². The largest absolute Gasteiger partial charge is 0.366 e. The van der Waals surface area contributed by atoms with E-state index in [1.54, 1.807) is 17.4 Å². The summed E-state index contributed by atoms with van der Waals surface area (Å²) in [4.78, 5) is 49.5. The third-order valence-corrected chi connectivity index (χ3v) is 7.19. The molecule has 4 heterocycles. The average molecular weight is 534 g/mol.